The third kappa shape index (κ3) is 3.58. The summed E-state index contributed by atoms with van der Waals surface area (Å²) in [6, 6.07) is 15.3. The number of carbonyl (C=O) groups excluding carboxylic acids is 2. The van der Waals surface area contributed by atoms with Crippen molar-refractivity contribution < 1.29 is 14.3 Å². The standard InChI is InChI=1S/C26H31N3O3/c1-5-28(6-2)26(31)23-19-12-7-8-13-20(19)25(30)29(15-16-32-4)24(23)21-17-27(3)22-14-10-9-11-18(21)22/h7-14,17,23-24H,5-6,15-16H2,1-4H3/t23-,24+/m0/s1. The lowest BCUT2D eigenvalue weighted by Crippen LogP contribution is -2.49. The smallest absolute Gasteiger partial charge is 0.254 e. The van der Waals surface area contributed by atoms with Crippen molar-refractivity contribution in [3.8, 4) is 0 Å². The van der Waals surface area contributed by atoms with Gasteiger partial charge in [0.2, 0.25) is 5.91 Å². The van der Waals surface area contributed by atoms with Gasteiger partial charge in [0.1, 0.15) is 0 Å². The van der Waals surface area contributed by atoms with Crippen LogP contribution >= 0.6 is 0 Å². The van der Waals surface area contributed by atoms with Gasteiger partial charge in [-0.3, -0.25) is 9.59 Å². The molecule has 2 atom stereocenters. The lowest BCUT2D eigenvalue weighted by molar-refractivity contribution is -0.134. The number of fused-ring (bicyclic) bond motifs is 2. The number of para-hydroxylation sites is 1. The molecule has 2 aromatic carbocycles. The normalized spacial score (nSPS) is 18.1. The van der Waals surface area contributed by atoms with E-state index >= 15 is 0 Å². The Labute approximate surface area is 189 Å². The van der Waals surface area contributed by atoms with Crippen LogP contribution in [-0.4, -0.2) is 59.5 Å². The summed E-state index contributed by atoms with van der Waals surface area (Å²) < 4.78 is 7.42. The molecule has 0 unspecified atom stereocenters. The Kier molecular flexibility index (Phi) is 6.33. The van der Waals surface area contributed by atoms with Crippen LogP contribution in [0.1, 0.15) is 47.3 Å². The van der Waals surface area contributed by atoms with E-state index in [4.69, 9.17) is 4.74 Å². The second-order valence-corrected chi connectivity index (χ2v) is 8.22. The molecule has 4 rings (SSSR count). The van der Waals surface area contributed by atoms with Crippen molar-refractivity contribution in [2.24, 2.45) is 7.05 Å². The summed E-state index contributed by atoms with van der Waals surface area (Å²) in [5.41, 5.74) is 3.48. The van der Waals surface area contributed by atoms with Crippen LogP contribution in [0.15, 0.2) is 54.7 Å². The van der Waals surface area contributed by atoms with Gasteiger partial charge in [0.15, 0.2) is 0 Å². The second kappa shape index (κ2) is 9.17. The van der Waals surface area contributed by atoms with E-state index < -0.39 is 12.0 Å². The molecule has 0 bridgehead atoms. The molecule has 0 spiro atoms. The summed E-state index contributed by atoms with van der Waals surface area (Å²) in [7, 11) is 3.64. The maximum Gasteiger partial charge on any atom is 0.254 e. The quantitative estimate of drug-likeness (QED) is 0.567. The molecule has 0 aliphatic carbocycles. The number of hydrogen-bond acceptors (Lipinski definition) is 3. The van der Waals surface area contributed by atoms with E-state index in [1.54, 1.807) is 7.11 Å². The zero-order chi connectivity index (χ0) is 22.8. The number of benzene rings is 2. The van der Waals surface area contributed by atoms with Gasteiger partial charge in [-0.15, -0.1) is 0 Å². The fourth-order valence-electron chi connectivity index (χ4n) is 4.98. The third-order valence-corrected chi connectivity index (χ3v) is 6.56. The van der Waals surface area contributed by atoms with Crippen molar-refractivity contribution in [3.63, 3.8) is 0 Å². The lowest BCUT2D eigenvalue weighted by Gasteiger charge is -2.43. The minimum absolute atomic E-state index is 0.0512. The van der Waals surface area contributed by atoms with Crippen molar-refractivity contribution in [1.82, 2.24) is 14.4 Å². The number of aryl methyl sites for hydroxylation is 1. The van der Waals surface area contributed by atoms with Crippen LogP contribution in [0.4, 0.5) is 0 Å². The first-order valence-corrected chi connectivity index (χ1v) is 11.2. The Bertz CT molecular complexity index is 1130. The summed E-state index contributed by atoms with van der Waals surface area (Å²) in [6.45, 7) is 6.07. The number of rotatable bonds is 7. The third-order valence-electron chi connectivity index (χ3n) is 6.56. The first kappa shape index (κ1) is 22.1. The van der Waals surface area contributed by atoms with E-state index in [9.17, 15) is 9.59 Å². The Balaban J connectivity index is 1.98. The molecule has 1 aliphatic heterocycles. The van der Waals surface area contributed by atoms with Crippen LogP contribution in [0.3, 0.4) is 0 Å². The first-order valence-electron chi connectivity index (χ1n) is 11.2. The zero-order valence-corrected chi connectivity index (χ0v) is 19.2. The zero-order valence-electron chi connectivity index (χ0n) is 19.2. The molecule has 168 valence electrons. The van der Waals surface area contributed by atoms with E-state index in [1.165, 1.54) is 0 Å². The highest BCUT2D eigenvalue weighted by molar-refractivity contribution is 6.02. The van der Waals surface area contributed by atoms with Crippen LogP contribution < -0.4 is 0 Å². The molecule has 0 N–H and O–H groups in total. The lowest BCUT2D eigenvalue weighted by atomic mass is 9.78. The monoisotopic (exact) mass is 433 g/mol. The Morgan fingerprint density at radius 2 is 1.72 bits per heavy atom. The summed E-state index contributed by atoms with van der Waals surface area (Å²) >= 11 is 0. The SMILES string of the molecule is CCN(CC)C(=O)[C@H]1c2ccccc2C(=O)N(CCOC)[C@@H]1c1cn(C)c2ccccc12. The number of carbonyl (C=O) groups is 2. The van der Waals surface area contributed by atoms with Crippen molar-refractivity contribution in [2.75, 3.05) is 33.4 Å². The van der Waals surface area contributed by atoms with Crippen molar-refractivity contribution in [2.45, 2.75) is 25.8 Å². The van der Waals surface area contributed by atoms with Crippen LogP contribution in [0.2, 0.25) is 0 Å². The van der Waals surface area contributed by atoms with Crippen LogP contribution in [0.5, 0.6) is 0 Å². The fraction of sp³-hybridized carbons (Fsp3) is 0.385. The topological polar surface area (TPSA) is 54.8 Å². The molecule has 0 radical (unpaired) electrons. The van der Waals surface area contributed by atoms with Gasteiger partial charge in [0.05, 0.1) is 18.6 Å². The molecule has 6 nitrogen and oxygen atoms in total. The van der Waals surface area contributed by atoms with Crippen LogP contribution in [0.25, 0.3) is 10.9 Å². The van der Waals surface area contributed by atoms with Gasteiger partial charge in [-0.25, -0.2) is 0 Å². The van der Waals surface area contributed by atoms with Crippen LogP contribution in [-0.2, 0) is 16.6 Å². The predicted octanol–water partition coefficient (Wildman–Crippen LogP) is 3.97. The number of likely N-dealkylation sites (N-methyl/N-ethyl adjacent to an activating group) is 1. The number of methoxy groups -OCH3 is 1. The Morgan fingerprint density at radius 1 is 1.03 bits per heavy atom. The molecular weight excluding hydrogens is 402 g/mol. The van der Waals surface area contributed by atoms with Gasteiger partial charge in [0.25, 0.3) is 5.91 Å². The summed E-state index contributed by atoms with van der Waals surface area (Å²) in [4.78, 5) is 31.3. The second-order valence-electron chi connectivity index (χ2n) is 8.22. The molecule has 0 saturated heterocycles. The molecule has 2 amide bonds. The van der Waals surface area contributed by atoms with Crippen molar-refractivity contribution in [3.05, 3.63) is 71.4 Å². The minimum Gasteiger partial charge on any atom is -0.383 e. The average molecular weight is 434 g/mol. The number of ether oxygens (including phenoxy) is 1. The fourth-order valence-corrected chi connectivity index (χ4v) is 4.98. The molecule has 2 heterocycles. The predicted molar refractivity (Wildman–Crippen MR) is 126 cm³/mol. The molecule has 0 saturated carbocycles. The van der Waals surface area contributed by atoms with Gasteiger partial charge in [-0.05, 0) is 31.5 Å². The highest BCUT2D eigenvalue weighted by Crippen LogP contribution is 2.45. The number of aromatic nitrogens is 1. The summed E-state index contributed by atoms with van der Waals surface area (Å²) in [5, 5.41) is 1.06. The average Bonchev–Trinajstić information content (AvgIpc) is 3.15. The van der Waals surface area contributed by atoms with Crippen LogP contribution in [0, 0.1) is 0 Å². The highest BCUT2D eigenvalue weighted by atomic mass is 16.5. The number of nitrogens with zero attached hydrogens (tertiary/aromatic N) is 3. The summed E-state index contributed by atoms with van der Waals surface area (Å²) in [6.07, 6.45) is 2.07. The number of amides is 2. The summed E-state index contributed by atoms with van der Waals surface area (Å²) in [5.74, 6) is -0.485. The van der Waals surface area contributed by atoms with Gasteiger partial charge in [0, 0.05) is 62.0 Å². The van der Waals surface area contributed by atoms with E-state index in [0.29, 0.717) is 31.8 Å². The van der Waals surface area contributed by atoms with E-state index in [1.807, 2.05) is 67.1 Å². The van der Waals surface area contributed by atoms with Gasteiger partial charge >= 0.3 is 0 Å². The van der Waals surface area contributed by atoms with Crippen molar-refractivity contribution >= 4 is 22.7 Å². The van der Waals surface area contributed by atoms with Gasteiger partial charge in [-0.1, -0.05) is 36.4 Å². The van der Waals surface area contributed by atoms with E-state index in [0.717, 1.165) is 22.0 Å². The Hall–Kier alpha value is -3.12. The molecule has 0 fully saturated rings. The van der Waals surface area contributed by atoms with Crippen molar-refractivity contribution in [1.29, 1.82) is 0 Å². The Morgan fingerprint density at radius 3 is 2.44 bits per heavy atom. The first-order chi connectivity index (χ1) is 15.5. The van der Waals surface area contributed by atoms with Gasteiger partial charge in [-0.2, -0.15) is 0 Å². The number of hydrogen-bond donors (Lipinski definition) is 0. The van der Waals surface area contributed by atoms with E-state index in [2.05, 4.69) is 22.9 Å². The maximum atomic E-state index is 13.9. The molecule has 6 heteroatoms. The molecule has 32 heavy (non-hydrogen) atoms. The minimum atomic E-state index is -0.480. The molecule has 3 aromatic rings. The molecular formula is C26H31N3O3. The molecule has 1 aliphatic rings. The maximum absolute atomic E-state index is 13.9. The highest BCUT2D eigenvalue weighted by Gasteiger charge is 2.45. The largest absolute Gasteiger partial charge is 0.383 e. The molecule has 1 aromatic heterocycles. The van der Waals surface area contributed by atoms with Gasteiger partial charge < -0.3 is 19.1 Å². The van der Waals surface area contributed by atoms with E-state index in [-0.39, 0.29) is 11.8 Å².